The van der Waals surface area contributed by atoms with Crippen molar-refractivity contribution in [1.82, 2.24) is 15.2 Å². The standard InChI is InChI=1S/C20H27N3OS2.2ClH/c1-3-12-23(18-8-10-21-11-9-18)20(24)16-4-6-19(7-5-16)26-14-17-13-25-15(2)22-17;;/h4-7,13,18,21H,3,8-12,14H2,1-2H3;2*1H. The molecule has 0 aliphatic carbocycles. The van der Waals surface area contributed by atoms with E-state index in [9.17, 15) is 4.79 Å². The number of halogens is 2. The van der Waals surface area contributed by atoms with Crippen molar-refractivity contribution in [2.24, 2.45) is 0 Å². The number of rotatable bonds is 7. The van der Waals surface area contributed by atoms with E-state index in [1.165, 1.54) is 4.90 Å². The van der Waals surface area contributed by atoms with E-state index in [2.05, 4.69) is 39.6 Å². The number of carbonyl (C=O) groups is 1. The number of piperidine rings is 1. The summed E-state index contributed by atoms with van der Waals surface area (Å²) in [6.45, 7) is 7.02. The molecule has 28 heavy (non-hydrogen) atoms. The van der Waals surface area contributed by atoms with Crippen molar-refractivity contribution >= 4 is 53.8 Å². The predicted octanol–water partition coefficient (Wildman–Crippen LogP) is 5.19. The van der Waals surface area contributed by atoms with Gasteiger partial charge >= 0.3 is 0 Å². The minimum atomic E-state index is 0. The maximum atomic E-state index is 13.0. The van der Waals surface area contributed by atoms with Crippen molar-refractivity contribution in [1.29, 1.82) is 0 Å². The van der Waals surface area contributed by atoms with Crippen LogP contribution in [0, 0.1) is 6.92 Å². The zero-order chi connectivity index (χ0) is 18.4. The van der Waals surface area contributed by atoms with Gasteiger partial charge < -0.3 is 10.2 Å². The number of nitrogens with zero attached hydrogens (tertiary/aromatic N) is 2. The highest BCUT2D eigenvalue weighted by Crippen LogP contribution is 2.25. The van der Waals surface area contributed by atoms with Gasteiger partial charge in [-0.05, 0) is 63.5 Å². The Balaban J connectivity index is 0.00000196. The molecular weight excluding hydrogens is 433 g/mol. The highest BCUT2D eigenvalue weighted by atomic mass is 35.5. The minimum absolute atomic E-state index is 0. The van der Waals surface area contributed by atoms with Gasteiger partial charge in [0.1, 0.15) is 0 Å². The van der Waals surface area contributed by atoms with Gasteiger partial charge in [-0.25, -0.2) is 4.98 Å². The lowest BCUT2D eigenvalue weighted by atomic mass is 10.0. The number of aryl methyl sites for hydroxylation is 1. The molecule has 0 radical (unpaired) electrons. The molecule has 1 fully saturated rings. The van der Waals surface area contributed by atoms with E-state index in [0.717, 1.165) is 60.9 Å². The van der Waals surface area contributed by atoms with Crippen LogP contribution in [0.2, 0.25) is 0 Å². The van der Waals surface area contributed by atoms with Crippen molar-refractivity contribution < 1.29 is 4.79 Å². The second-order valence-corrected chi connectivity index (χ2v) is 8.76. The lowest BCUT2D eigenvalue weighted by molar-refractivity contribution is 0.0642. The topological polar surface area (TPSA) is 45.2 Å². The first kappa shape index (κ1) is 25.2. The SMILES string of the molecule is CCCN(C(=O)c1ccc(SCc2csc(C)n2)cc1)C1CCNCC1.Cl.Cl. The summed E-state index contributed by atoms with van der Waals surface area (Å²) in [7, 11) is 0. The van der Waals surface area contributed by atoms with Gasteiger partial charge in [-0.3, -0.25) is 4.79 Å². The Bertz CT molecular complexity index is 718. The summed E-state index contributed by atoms with van der Waals surface area (Å²) in [5.41, 5.74) is 1.92. The van der Waals surface area contributed by atoms with Crippen LogP contribution in [0.3, 0.4) is 0 Å². The van der Waals surface area contributed by atoms with Crippen molar-refractivity contribution in [3.05, 3.63) is 45.9 Å². The molecule has 0 saturated carbocycles. The smallest absolute Gasteiger partial charge is 0.254 e. The van der Waals surface area contributed by atoms with Crippen molar-refractivity contribution in [3.63, 3.8) is 0 Å². The van der Waals surface area contributed by atoms with Gasteiger partial charge in [0.05, 0.1) is 10.7 Å². The number of aromatic nitrogens is 1. The number of amides is 1. The first-order valence-corrected chi connectivity index (χ1v) is 11.2. The van der Waals surface area contributed by atoms with Gasteiger partial charge in [0, 0.05) is 34.2 Å². The fourth-order valence-corrected chi connectivity index (χ4v) is 4.81. The predicted molar refractivity (Wildman–Crippen MR) is 125 cm³/mol. The summed E-state index contributed by atoms with van der Waals surface area (Å²) >= 11 is 3.45. The summed E-state index contributed by atoms with van der Waals surface area (Å²) < 4.78 is 0. The fourth-order valence-electron chi connectivity index (χ4n) is 3.30. The van der Waals surface area contributed by atoms with E-state index in [4.69, 9.17) is 0 Å². The molecule has 1 amide bonds. The summed E-state index contributed by atoms with van der Waals surface area (Å²) in [6.07, 6.45) is 3.09. The molecule has 1 aliphatic heterocycles. The van der Waals surface area contributed by atoms with Gasteiger partial charge in [-0.15, -0.1) is 47.9 Å². The molecule has 2 heterocycles. The average Bonchev–Trinajstić information content (AvgIpc) is 3.10. The molecule has 1 aliphatic rings. The minimum Gasteiger partial charge on any atom is -0.336 e. The van der Waals surface area contributed by atoms with E-state index in [1.807, 2.05) is 19.1 Å². The van der Waals surface area contributed by atoms with E-state index in [1.54, 1.807) is 23.1 Å². The fraction of sp³-hybridized carbons (Fsp3) is 0.500. The Morgan fingerprint density at radius 2 is 1.93 bits per heavy atom. The highest BCUT2D eigenvalue weighted by molar-refractivity contribution is 7.98. The average molecular weight is 463 g/mol. The molecular formula is C20H29Cl2N3OS2. The number of thiazole rings is 1. The molecule has 0 atom stereocenters. The lowest BCUT2D eigenvalue weighted by Crippen LogP contribution is -2.46. The number of benzene rings is 1. The number of thioether (sulfide) groups is 1. The number of hydrogen-bond donors (Lipinski definition) is 1. The second-order valence-electron chi connectivity index (χ2n) is 6.65. The summed E-state index contributed by atoms with van der Waals surface area (Å²) in [6, 6.07) is 8.43. The summed E-state index contributed by atoms with van der Waals surface area (Å²) in [5, 5.41) is 6.60. The molecule has 4 nitrogen and oxygen atoms in total. The third-order valence-electron chi connectivity index (χ3n) is 4.63. The molecule has 2 aromatic rings. The molecule has 156 valence electrons. The molecule has 1 aromatic heterocycles. The second kappa shape index (κ2) is 12.7. The molecule has 1 N–H and O–H groups in total. The lowest BCUT2D eigenvalue weighted by Gasteiger charge is -2.34. The number of carbonyl (C=O) groups excluding carboxylic acids is 1. The maximum Gasteiger partial charge on any atom is 0.254 e. The first-order chi connectivity index (χ1) is 12.7. The normalized spacial score (nSPS) is 14.1. The van der Waals surface area contributed by atoms with Gasteiger partial charge in [-0.1, -0.05) is 6.92 Å². The quantitative estimate of drug-likeness (QED) is 0.575. The van der Waals surface area contributed by atoms with Crippen LogP contribution < -0.4 is 5.32 Å². The Labute approximate surface area is 188 Å². The van der Waals surface area contributed by atoms with Gasteiger partial charge in [0.25, 0.3) is 5.91 Å². The monoisotopic (exact) mass is 461 g/mol. The Morgan fingerprint density at radius 3 is 2.50 bits per heavy atom. The van der Waals surface area contributed by atoms with Crippen LogP contribution >= 0.6 is 47.9 Å². The van der Waals surface area contributed by atoms with Crippen molar-refractivity contribution in [2.45, 2.75) is 49.8 Å². The van der Waals surface area contributed by atoms with Crippen LogP contribution in [-0.4, -0.2) is 41.5 Å². The summed E-state index contributed by atoms with van der Waals surface area (Å²) in [5.74, 6) is 1.04. The molecule has 8 heteroatoms. The van der Waals surface area contributed by atoms with Crippen LogP contribution in [0.1, 0.15) is 47.2 Å². The Kier molecular flexibility index (Phi) is 11.5. The van der Waals surface area contributed by atoms with Crippen LogP contribution in [0.4, 0.5) is 0 Å². The van der Waals surface area contributed by atoms with E-state index in [-0.39, 0.29) is 30.7 Å². The zero-order valence-corrected chi connectivity index (χ0v) is 19.6. The Morgan fingerprint density at radius 1 is 1.25 bits per heavy atom. The van der Waals surface area contributed by atoms with E-state index >= 15 is 0 Å². The van der Waals surface area contributed by atoms with Crippen molar-refractivity contribution in [2.75, 3.05) is 19.6 Å². The first-order valence-electron chi connectivity index (χ1n) is 9.33. The van der Waals surface area contributed by atoms with Gasteiger partial charge in [-0.2, -0.15) is 0 Å². The van der Waals surface area contributed by atoms with Crippen molar-refractivity contribution in [3.8, 4) is 0 Å². The van der Waals surface area contributed by atoms with Crippen LogP contribution in [0.25, 0.3) is 0 Å². The van der Waals surface area contributed by atoms with E-state index < -0.39 is 0 Å². The molecule has 0 spiro atoms. The molecule has 3 rings (SSSR count). The zero-order valence-electron chi connectivity index (χ0n) is 16.3. The largest absolute Gasteiger partial charge is 0.336 e. The molecule has 0 bridgehead atoms. The third kappa shape index (κ3) is 6.92. The van der Waals surface area contributed by atoms with Gasteiger partial charge in [0.15, 0.2) is 0 Å². The maximum absolute atomic E-state index is 13.0. The van der Waals surface area contributed by atoms with Crippen LogP contribution in [0.5, 0.6) is 0 Å². The number of hydrogen-bond acceptors (Lipinski definition) is 5. The molecule has 1 aromatic carbocycles. The highest BCUT2D eigenvalue weighted by Gasteiger charge is 2.25. The molecule has 1 saturated heterocycles. The Hall–Kier alpha value is -0.790. The van der Waals surface area contributed by atoms with Crippen LogP contribution in [-0.2, 0) is 5.75 Å². The van der Waals surface area contributed by atoms with Gasteiger partial charge in [0.2, 0.25) is 0 Å². The summed E-state index contributed by atoms with van der Waals surface area (Å²) in [4.78, 5) is 20.8. The number of nitrogens with one attached hydrogen (secondary N) is 1. The third-order valence-corrected chi connectivity index (χ3v) is 6.50. The van der Waals surface area contributed by atoms with E-state index in [0.29, 0.717) is 6.04 Å². The molecule has 0 unspecified atom stereocenters. The van der Waals surface area contributed by atoms with Crippen LogP contribution in [0.15, 0.2) is 34.5 Å².